The van der Waals surface area contributed by atoms with Gasteiger partial charge >= 0.3 is 6.01 Å². The Morgan fingerprint density at radius 1 is 0.933 bits per heavy atom. The summed E-state index contributed by atoms with van der Waals surface area (Å²) in [7, 11) is 1.59. The molecule has 8 nitrogen and oxygen atoms in total. The smallest absolute Gasteiger partial charge is 0.325 e. The molecule has 0 saturated carbocycles. The van der Waals surface area contributed by atoms with E-state index in [9.17, 15) is 4.79 Å². The molecule has 30 heavy (non-hydrogen) atoms. The zero-order valence-corrected chi connectivity index (χ0v) is 17.2. The molecule has 3 aromatic rings. The Bertz CT molecular complexity index is 987. The molecule has 0 bridgehead atoms. The van der Waals surface area contributed by atoms with E-state index >= 15 is 0 Å². The number of hydrogen-bond acceptors (Lipinski definition) is 7. The van der Waals surface area contributed by atoms with E-state index in [0.29, 0.717) is 35.9 Å². The van der Waals surface area contributed by atoms with Crippen LogP contribution in [0.1, 0.15) is 24.2 Å². The van der Waals surface area contributed by atoms with Gasteiger partial charge in [-0.15, -0.1) is 0 Å². The number of nitrogen functional groups attached to an aromatic ring is 1. The maximum Gasteiger partial charge on any atom is 0.325 e. The lowest BCUT2D eigenvalue weighted by molar-refractivity contribution is 0.0773. The summed E-state index contributed by atoms with van der Waals surface area (Å²) in [5.74, 6) is 1.91. The molecule has 0 unspecified atom stereocenters. The summed E-state index contributed by atoms with van der Waals surface area (Å²) in [6.07, 6.45) is 1.42. The van der Waals surface area contributed by atoms with Gasteiger partial charge in [-0.3, -0.25) is 4.79 Å². The summed E-state index contributed by atoms with van der Waals surface area (Å²) in [5, 5.41) is 0. The molecule has 0 aliphatic carbocycles. The third-order valence-electron chi connectivity index (χ3n) is 4.39. The van der Waals surface area contributed by atoms with Gasteiger partial charge in [0.25, 0.3) is 5.91 Å². The molecule has 1 heterocycles. The van der Waals surface area contributed by atoms with Gasteiger partial charge in [-0.1, -0.05) is 0 Å². The van der Waals surface area contributed by atoms with Crippen molar-refractivity contribution in [3.8, 4) is 29.1 Å². The lowest BCUT2D eigenvalue weighted by atomic mass is 10.2. The topological polar surface area (TPSA) is 99.8 Å². The van der Waals surface area contributed by atoms with E-state index in [-0.39, 0.29) is 23.5 Å². The standard InChI is InChI=1S/C22H24N4O4/c1-4-26(5-2)21(27)15-6-8-18(9-7-15)30-22-24-14-19(23)20(25-22)29-17-12-10-16(28-3)11-13-17/h6-14H,4-5,23H2,1-3H3. The van der Waals surface area contributed by atoms with Gasteiger partial charge in [0.1, 0.15) is 22.9 Å². The Morgan fingerprint density at radius 3 is 2.10 bits per heavy atom. The molecule has 0 saturated heterocycles. The van der Waals surface area contributed by atoms with Gasteiger partial charge in [-0.2, -0.15) is 4.98 Å². The lowest BCUT2D eigenvalue weighted by Crippen LogP contribution is -2.30. The van der Waals surface area contributed by atoms with E-state index in [0.717, 1.165) is 0 Å². The fourth-order valence-electron chi connectivity index (χ4n) is 2.71. The number of carbonyl (C=O) groups is 1. The van der Waals surface area contributed by atoms with E-state index in [2.05, 4.69) is 9.97 Å². The summed E-state index contributed by atoms with van der Waals surface area (Å²) in [6.45, 7) is 5.21. The molecular weight excluding hydrogens is 384 g/mol. The Morgan fingerprint density at radius 2 is 1.50 bits per heavy atom. The molecule has 0 aliphatic rings. The van der Waals surface area contributed by atoms with Crippen LogP contribution in [-0.2, 0) is 0 Å². The fraction of sp³-hybridized carbons (Fsp3) is 0.227. The van der Waals surface area contributed by atoms with Crippen LogP contribution in [0.25, 0.3) is 0 Å². The van der Waals surface area contributed by atoms with Gasteiger partial charge in [0, 0.05) is 18.7 Å². The first-order valence-electron chi connectivity index (χ1n) is 9.55. The second-order valence-electron chi connectivity index (χ2n) is 6.29. The number of hydrogen-bond donors (Lipinski definition) is 1. The Balaban J connectivity index is 1.72. The number of carbonyl (C=O) groups excluding carboxylic acids is 1. The van der Waals surface area contributed by atoms with Gasteiger partial charge in [0.15, 0.2) is 0 Å². The molecule has 8 heteroatoms. The van der Waals surface area contributed by atoms with E-state index in [1.165, 1.54) is 6.20 Å². The maximum atomic E-state index is 12.4. The van der Waals surface area contributed by atoms with Crippen LogP contribution < -0.4 is 19.9 Å². The van der Waals surface area contributed by atoms with Crippen LogP contribution in [0.2, 0.25) is 0 Å². The summed E-state index contributed by atoms with van der Waals surface area (Å²) in [5.41, 5.74) is 6.79. The van der Waals surface area contributed by atoms with Gasteiger partial charge in [0.2, 0.25) is 5.88 Å². The number of nitrogens with two attached hydrogens (primary N) is 1. The molecule has 1 amide bonds. The highest BCUT2D eigenvalue weighted by Gasteiger charge is 2.13. The molecular formula is C22H24N4O4. The van der Waals surface area contributed by atoms with Crippen LogP contribution in [0.3, 0.4) is 0 Å². The zero-order valence-electron chi connectivity index (χ0n) is 17.2. The van der Waals surface area contributed by atoms with Crippen molar-refractivity contribution < 1.29 is 19.0 Å². The molecule has 2 N–H and O–H groups in total. The Kier molecular flexibility index (Phi) is 6.69. The molecule has 0 radical (unpaired) electrons. The number of ether oxygens (including phenoxy) is 3. The van der Waals surface area contributed by atoms with Crippen molar-refractivity contribution in [3.63, 3.8) is 0 Å². The minimum absolute atomic E-state index is 0.0227. The average Bonchev–Trinajstić information content (AvgIpc) is 2.78. The number of anilines is 1. The summed E-state index contributed by atoms with van der Waals surface area (Å²) >= 11 is 0. The minimum atomic E-state index is -0.0227. The van der Waals surface area contributed by atoms with Crippen LogP contribution in [0.15, 0.2) is 54.7 Å². The first kappa shape index (κ1) is 20.9. The molecule has 2 aromatic carbocycles. The quantitative estimate of drug-likeness (QED) is 0.598. The fourth-order valence-corrected chi connectivity index (χ4v) is 2.71. The third-order valence-corrected chi connectivity index (χ3v) is 4.39. The number of benzene rings is 2. The molecule has 1 aromatic heterocycles. The largest absolute Gasteiger partial charge is 0.497 e. The highest BCUT2D eigenvalue weighted by molar-refractivity contribution is 5.94. The molecule has 0 fully saturated rings. The summed E-state index contributed by atoms with van der Waals surface area (Å²) < 4.78 is 16.5. The van der Waals surface area contributed by atoms with Crippen molar-refractivity contribution >= 4 is 11.6 Å². The molecule has 0 aliphatic heterocycles. The van der Waals surface area contributed by atoms with E-state index in [1.54, 1.807) is 60.5 Å². The number of methoxy groups -OCH3 is 1. The van der Waals surface area contributed by atoms with Crippen molar-refractivity contribution in [2.75, 3.05) is 25.9 Å². The van der Waals surface area contributed by atoms with Crippen molar-refractivity contribution in [2.24, 2.45) is 0 Å². The van der Waals surface area contributed by atoms with E-state index in [1.807, 2.05) is 13.8 Å². The molecule has 0 atom stereocenters. The first-order valence-corrected chi connectivity index (χ1v) is 9.55. The molecule has 0 spiro atoms. The summed E-state index contributed by atoms with van der Waals surface area (Å²) in [6, 6.07) is 13.9. The summed E-state index contributed by atoms with van der Waals surface area (Å²) in [4.78, 5) is 22.5. The second kappa shape index (κ2) is 9.60. The second-order valence-corrected chi connectivity index (χ2v) is 6.29. The highest BCUT2D eigenvalue weighted by Crippen LogP contribution is 2.29. The predicted octanol–water partition coefficient (Wildman–Crippen LogP) is 4.13. The highest BCUT2D eigenvalue weighted by atomic mass is 16.5. The normalized spacial score (nSPS) is 10.4. The van der Waals surface area contributed by atoms with Crippen molar-refractivity contribution in [2.45, 2.75) is 13.8 Å². The van der Waals surface area contributed by atoms with E-state index < -0.39 is 0 Å². The van der Waals surface area contributed by atoms with Gasteiger partial charge in [-0.25, -0.2) is 4.98 Å². The van der Waals surface area contributed by atoms with Crippen molar-refractivity contribution in [1.82, 2.24) is 14.9 Å². The predicted molar refractivity (Wildman–Crippen MR) is 113 cm³/mol. The van der Waals surface area contributed by atoms with Crippen molar-refractivity contribution in [1.29, 1.82) is 0 Å². The van der Waals surface area contributed by atoms with Crippen LogP contribution in [-0.4, -0.2) is 41.0 Å². The van der Waals surface area contributed by atoms with Crippen LogP contribution in [0.5, 0.6) is 29.1 Å². The number of aromatic nitrogens is 2. The molecule has 3 rings (SSSR count). The SMILES string of the molecule is CCN(CC)C(=O)c1ccc(Oc2ncc(N)c(Oc3ccc(OC)cc3)n2)cc1. The minimum Gasteiger partial charge on any atom is -0.497 e. The molecule has 156 valence electrons. The van der Waals surface area contributed by atoms with E-state index in [4.69, 9.17) is 19.9 Å². The first-order chi connectivity index (χ1) is 14.5. The van der Waals surface area contributed by atoms with Crippen LogP contribution in [0, 0.1) is 0 Å². The number of nitrogens with zero attached hydrogens (tertiary/aromatic N) is 3. The number of rotatable bonds is 8. The third kappa shape index (κ3) is 4.96. The van der Waals surface area contributed by atoms with Gasteiger partial charge in [0.05, 0.1) is 13.3 Å². The van der Waals surface area contributed by atoms with Gasteiger partial charge in [-0.05, 0) is 62.4 Å². The maximum absolute atomic E-state index is 12.4. The lowest BCUT2D eigenvalue weighted by Gasteiger charge is -2.18. The van der Waals surface area contributed by atoms with Gasteiger partial charge < -0.3 is 24.8 Å². The monoisotopic (exact) mass is 408 g/mol. The average molecular weight is 408 g/mol. The van der Waals surface area contributed by atoms with Crippen LogP contribution in [0.4, 0.5) is 5.69 Å². The number of amides is 1. The Labute approximate surface area is 175 Å². The van der Waals surface area contributed by atoms with Crippen LogP contribution >= 0.6 is 0 Å². The Hall–Kier alpha value is -3.81. The zero-order chi connectivity index (χ0) is 21.5. The van der Waals surface area contributed by atoms with Crippen molar-refractivity contribution in [3.05, 3.63) is 60.3 Å².